The molecule has 1 saturated heterocycles. The van der Waals surface area contributed by atoms with Gasteiger partial charge in [0.15, 0.2) is 0 Å². The number of rotatable bonds is 5. The van der Waals surface area contributed by atoms with E-state index < -0.39 is 0 Å². The van der Waals surface area contributed by atoms with Crippen LogP contribution in [0, 0.1) is 0 Å². The molecule has 0 unspecified atom stereocenters. The van der Waals surface area contributed by atoms with Crippen molar-refractivity contribution in [2.24, 2.45) is 5.73 Å². The van der Waals surface area contributed by atoms with Gasteiger partial charge >= 0.3 is 0 Å². The third-order valence-corrected chi connectivity index (χ3v) is 3.68. The molecule has 20 heavy (non-hydrogen) atoms. The van der Waals surface area contributed by atoms with Gasteiger partial charge in [0.2, 0.25) is 5.91 Å². The van der Waals surface area contributed by atoms with Crippen molar-refractivity contribution in [1.29, 1.82) is 0 Å². The minimum absolute atomic E-state index is 0.245. The molecule has 5 heteroatoms. The highest BCUT2D eigenvalue weighted by Crippen LogP contribution is 2.13. The van der Waals surface area contributed by atoms with E-state index in [1.54, 1.807) is 0 Å². The third kappa shape index (κ3) is 4.20. The highest BCUT2D eigenvalue weighted by atomic mass is 32.1. The Hall–Kier alpha value is -1.62. The lowest BCUT2D eigenvalue weighted by atomic mass is 10.2. The average Bonchev–Trinajstić information content (AvgIpc) is 2.65. The molecular weight excluding hydrogens is 272 g/mol. The highest BCUT2D eigenvalue weighted by Gasteiger charge is 2.15. The van der Waals surface area contributed by atoms with Crippen molar-refractivity contribution in [1.82, 2.24) is 4.90 Å². The topological polar surface area (TPSA) is 55.6 Å². The van der Waals surface area contributed by atoms with Crippen molar-refractivity contribution < 1.29 is 9.53 Å². The molecule has 2 N–H and O–H groups in total. The van der Waals surface area contributed by atoms with Crippen LogP contribution in [0.5, 0.6) is 5.75 Å². The third-order valence-electron chi connectivity index (χ3n) is 3.44. The normalized spacial score (nSPS) is 15.8. The predicted molar refractivity (Wildman–Crippen MR) is 82.9 cm³/mol. The van der Waals surface area contributed by atoms with Crippen LogP contribution in [0.1, 0.15) is 31.2 Å². The number of hydrogen-bond donors (Lipinski definition) is 1. The van der Waals surface area contributed by atoms with Gasteiger partial charge in [-0.3, -0.25) is 4.79 Å². The van der Waals surface area contributed by atoms with E-state index in [2.05, 4.69) is 0 Å². The van der Waals surface area contributed by atoms with E-state index in [9.17, 15) is 4.79 Å². The van der Waals surface area contributed by atoms with Gasteiger partial charge in [-0.15, -0.1) is 0 Å². The van der Waals surface area contributed by atoms with E-state index in [1.807, 2.05) is 29.2 Å². The molecule has 2 rings (SSSR count). The molecular formula is C15H20N2O2S. The van der Waals surface area contributed by atoms with Crippen LogP contribution >= 0.6 is 12.2 Å². The maximum Gasteiger partial charge on any atom is 0.222 e. The number of hydrogen-bond acceptors (Lipinski definition) is 3. The number of nitrogens with zero attached hydrogens (tertiary/aromatic N) is 1. The number of ether oxygens (including phenoxy) is 1. The fraction of sp³-hybridized carbons (Fsp3) is 0.467. The minimum atomic E-state index is 0.245. The summed E-state index contributed by atoms with van der Waals surface area (Å²) in [5, 5.41) is 0. The average molecular weight is 292 g/mol. The second-order valence-electron chi connectivity index (χ2n) is 4.93. The van der Waals surface area contributed by atoms with Gasteiger partial charge in [0.05, 0.1) is 6.54 Å². The Kier molecular flexibility index (Phi) is 5.35. The van der Waals surface area contributed by atoms with Crippen LogP contribution in [-0.4, -0.2) is 35.5 Å². The fourth-order valence-electron chi connectivity index (χ4n) is 2.26. The first kappa shape index (κ1) is 14.8. The monoisotopic (exact) mass is 292 g/mol. The molecule has 108 valence electrons. The van der Waals surface area contributed by atoms with Gasteiger partial charge in [-0.1, -0.05) is 18.6 Å². The molecule has 1 aromatic rings. The van der Waals surface area contributed by atoms with Crippen LogP contribution in [0.2, 0.25) is 0 Å². The summed E-state index contributed by atoms with van der Waals surface area (Å²) in [5.74, 6) is 1.02. The van der Waals surface area contributed by atoms with E-state index in [4.69, 9.17) is 22.7 Å². The molecule has 0 radical (unpaired) electrons. The molecule has 1 aliphatic heterocycles. The molecule has 1 heterocycles. The van der Waals surface area contributed by atoms with Crippen LogP contribution < -0.4 is 10.5 Å². The molecule has 0 spiro atoms. The highest BCUT2D eigenvalue weighted by molar-refractivity contribution is 7.80. The molecule has 0 aromatic heterocycles. The second kappa shape index (κ2) is 7.24. The van der Waals surface area contributed by atoms with Crippen LogP contribution in [0.15, 0.2) is 24.3 Å². The fourth-order valence-corrected chi connectivity index (χ4v) is 2.40. The lowest BCUT2D eigenvalue weighted by molar-refractivity contribution is -0.131. The summed E-state index contributed by atoms with van der Waals surface area (Å²) in [6.07, 6.45) is 3.91. The summed E-state index contributed by atoms with van der Waals surface area (Å²) in [5.41, 5.74) is 6.37. The van der Waals surface area contributed by atoms with Crippen LogP contribution in [0.3, 0.4) is 0 Å². The largest absolute Gasteiger partial charge is 0.492 e. The zero-order chi connectivity index (χ0) is 14.4. The van der Waals surface area contributed by atoms with Gasteiger partial charge in [-0.25, -0.2) is 0 Å². The first-order valence-electron chi connectivity index (χ1n) is 6.97. The van der Waals surface area contributed by atoms with Crippen molar-refractivity contribution in [3.8, 4) is 5.75 Å². The summed E-state index contributed by atoms with van der Waals surface area (Å²) in [6.45, 7) is 2.01. The van der Waals surface area contributed by atoms with Gasteiger partial charge in [-0.2, -0.15) is 0 Å². The molecule has 1 amide bonds. The van der Waals surface area contributed by atoms with Gasteiger partial charge in [0.1, 0.15) is 17.3 Å². The summed E-state index contributed by atoms with van der Waals surface area (Å²) in [6, 6.07) is 7.38. The number of carbonyl (C=O) groups excluding carboxylic acids is 1. The summed E-state index contributed by atoms with van der Waals surface area (Å²) in [4.78, 5) is 14.1. The van der Waals surface area contributed by atoms with E-state index in [1.165, 1.54) is 0 Å². The number of thiocarbonyl (C=S) groups is 1. The molecule has 1 fully saturated rings. The molecule has 0 bridgehead atoms. The van der Waals surface area contributed by atoms with Crippen molar-refractivity contribution in [2.45, 2.75) is 25.7 Å². The number of nitrogens with two attached hydrogens (primary N) is 1. The first-order valence-corrected chi connectivity index (χ1v) is 7.38. The van der Waals surface area contributed by atoms with Crippen LogP contribution in [-0.2, 0) is 4.79 Å². The van der Waals surface area contributed by atoms with Crippen molar-refractivity contribution in [3.05, 3.63) is 29.8 Å². The first-order chi connectivity index (χ1) is 9.66. The van der Waals surface area contributed by atoms with Gasteiger partial charge in [0.25, 0.3) is 0 Å². The molecule has 0 aliphatic carbocycles. The minimum Gasteiger partial charge on any atom is -0.492 e. The summed E-state index contributed by atoms with van der Waals surface area (Å²) >= 11 is 4.90. The number of amides is 1. The van der Waals surface area contributed by atoms with Crippen LogP contribution in [0.4, 0.5) is 0 Å². The predicted octanol–water partition coefficient (Wildman–Crippen LogP) is 2.10. The quantitative estimate of drug-likeness (QED) is 0.844. The Morgan fingerprint density at radius 3 is 2.70 bits per heavy atom. The van der Waals surface area contributed by atoms with Crippen molar-refractivity contribution in [2.75, 3.05) is 19.7 Å². The Morgan fingerprint density at radius 1 is 1.25 bits per heavy atom. The van der Waals surface area contributed by atoms with Gasteiger partial charge in [0, 0.05) is 18.5 Å². The second-order valence-corrected chi connectivity index (χ2v) is 5.37. The standard InChI is InChI=1S/C15H20N2O2S/c16-15(20)12-5-7-13(8-6-12)19-11-10-17-9-3-1-2-4-14(17)18/h5-8H,1-4,9-11H2,(H2,16,20). The Bertz CT molecular complexity index is 473. The van der Waals surface area contributed by atoms with E-state index >= 15 is 0 Å². The van der Waals surface area contributed by atoms with E-state index in [0.717, 1.165) is 37.1 Å². The maximum atomic E-state index is 11.8. The number of carbonyl (C=O) groups is 1. The lowest BCUT2D eigenvalue weighted by Gasteiger charge is -2.20. The Labute approximate surface area is 124 Å². The zero-order valence-electron chi connectivity index (χ0n) is 11.5. The lowest BCUT2D eigenvalue weighted by Crippen LogP contribution is -2.34. The van der Waals surface area contributed by atoms with Crippen molar-refractivity contribution in [3.63, 3.8) is 0 Å². The Balaban J connectivity index is 1.80. The maximum absolute atomic E-state index is 11.8. The molecule has 0 saturated carbocycles. The Morgan fingerprint density at radius 2 is 2.00 bits per heavy atom. The van der Waals surface area contributed by atoms with Crippen molar-refractivity contribution >= 4 is 23.1 Å². The van der Waals surface area contributed by atoms with E-state index in [0.29, 0.717) is 24.6 Å². The summed E-state index contributed by atoms with van der Waals surface area (Å²) < 4.78 is 5.65. The zero-order valence-corrected chi connectivity index (χ0v) is 12.3. The van der Waals surface area contributed by atoms with Gasteiger partial charge < -0.3 is 15.4 Å². The molecule has 4 nitrogen and oxygen atoms in total. The van der Waals surface area contributed by atoms with E-state index in [-0.39, 0.29) is 5.91 Å². The number of benzene rings is 1. The SMILES string of the molecule is NC(=S)c1ccc(OCCN2CCCCCC2=O)cc1. The molecule has 1 aliphatic rings. The van der Waals surface area contributed by atoms with Gasteiger partial charge in [-0.05, 0) is 37.1 Å². The van der Waals surface area contributed by atoms with Crippen LogP contribution in [0.25, 0.3) is 0 Å². The molecule has 0 atom stereocenters. The smallest absolute Gasteiger partial charge is 0.222 e. The molecule has 1 aromatic carbocycles. The number of likely N-dealkylation sites (tertiary alicyclic amines) is 1. The summed E-state index contributed by atoms with van der Waals surface area (Å²) in [7, 11) is 0.